The van der Waals surface area contributed by atoms with E-state index in [0.717, 1.165) is 25.7 Å². The van der Waals surface area contributed by atoms with Gasteiger partial charge in [0, 0.05) is 0 Å². The van der Waals surface area contributed by atoms with E-state index in [-0.39, 0.29) is 11.5 Å². The van der Waals surface area contributed by atoms with Crippen LogP contribution in [0.1, 0.15) is 31.7 Å². The molecule has 0 amide bonds. The number of unbranched alkanes of at least 4 members (excludes halogenated alkanes) is 2. The zero-order valence-electron chi connectivity index (χ0n) is 8.32. The van der Waals surface area contributed by atoms with Crippen LogP contribution >= 0.6 is 0 Å². The first-order chi connectivity index (χ1) is 6.66. The van der Waals surface area contributed by atoms with Crippen molar-refractivity contribution in [3.05, 3.63) is 17.7 Å². The Morgan fingerprint density at radius 3 is 2.36 bits per heavy atom. The molecule has 0 unspecified atom stereocenters. The second-order valence-corrected chi connectivity index (χ2v) is 3.40. The standard InChI is InChI=1S/C11H16O3/c1-2-3-4-5-8-6-7-9(12)11(14)10(8)13/h6-7,12-14H,2-5H2,1H3. The second kappa shape index (κ2) is 4.74. The lowest BCUT2D eigenvalue weighted by Gasteiger charge is -2.06. The summed E-state index contributed by atoms with van der Waals surface area (Å²) in [5.74, 6) is -0.887. The molecule has 0 atom stereocenters. The molecule has 3 N–H and O–H groups in total. The molecule has 3 nitrogen and oxygen atoms in total. The van der Waals surface area contributed by atoms with Crippen LogP contribution in [0, 0.1) is 0 Å². The number of phenols is 3. The zero-order valence-corrected chi connectivity index (χ0v) is 8.32. The smallest absolute Gasteiger partial charge is 0.200 e. The maximum Gasteiger partial charge on any atom is 0.200 e. The van der Waals surface area contributed by atoms with E-state index in [9.17, 15) is 10.2 Å². The van der Waals surface area contributed by atoms with Crippen molar-refractivity contribution in [2.24, 2.45) is 0 Å². The lowest BCUT2D eigenvalue weighted by atomic mass is 10.1. The molecule has 0 radical (unpaired) electrons. The van der Waals surface area contributed by atoms with Gasteiger partial charge in [-0.15, -0.1) is 0 Å². The third kappa shape index (κ3) is 2.31. The molecule has 78 valence electrons. The topological polar surface area (TPSA) is 60.7 Å². The average molecular weight is 196 g/mol. The first-order valence-electron chi connectivity index (χ1n) is 4.89. The fourth-order valence-corrected chi connectivity index (χ4v) is 1.38. The molecule has 0 aromatic heterocycles. The third-order valence-corrected chi connectivity index (χ3v) is 2.26. The molecule has 0 aliphatic carbocycles. The van der Waals surface area contributed by atoms with Crippen LogP contribution < -0.4 is 0 Å². The highest BCUT2D eigenvalue weighted by molar-refractivity contribution is 5.53. The van der Waals surface area contributed by atoms with Crippen molar-refractivity contribution in [1.29, 1.82) is 0 Å². The zero-order chi connectivity index (χ0) is 10.6. The Morgan fingerprint density at radius 2 is 1.71 bits per heavy atom. The van der Waals surface area contributed by atoms with Crippen molar-refractivity contribution in [3.63, 3.8) is 0 Å². The van der Waals surface area contributed by atoms with Crippen LogP contribution in [0.15, 0.2) is 12.1 Å². The number of rotatable bonds is 4. The summed E-state index contributed by atoms with van der Waals surface area (Å²) in [4.78, 5) is 0. The van der Waals surface area contributed by atoms with E-state index in [1.54, 1.807) is 6.07 Å². The molecule has 0 heterocycles. The highest BCUT2D eigenvalue weighted by Crippen LogP contribution is 2.37. The van der Waals surface area contributed by atoms with Crippen LogP contribution in [0.25, 0.3) is 0 Å². The van der Waals surface area contributed by atoms with E-state index in [1.807, 2.05) is 0 Å². The van der Waals surface area contributed by atoms with Gasteiger partial charge in [-0.2, -0.15) is 0 Å². The van der Waals surface area contributed by atoms with E-state index >= 15 is 0 Å². The van der Waals surface area contributed by atoms with Gasteiger partial charge in [0.1, 0.15) is 0 Å². The first kappa shape index (κ1) is 10.7. The molecule has 14 heavy (non-hydrogen) atoms. The van der Waals surface area contributed by atoms with E-state index in [2.05, 4.69) is 6.92 Å². The number of hydrogen-bond donors (Lipinski definition) is 3. The largest absolute Gasteiger partial charge is 0.504 e. The number of hydrogen-bond acceptors (Lipinski definition) is 3. The molecule has 0 spiro atoms. The van der Waals surface area contributed by atoms with E-state index in [0.29, 0.717) is 5.56 Å². The Labute approximate surface area is 83.6 Å². The fourth-order valence-electron chi connectivity index (χ4n) is 1.38. The third-order valence-electron chi connectivity index (χ3n) is 2.26. The molecule has 0 aliphatic heterocycles. The van der Waals surface area contributed by atoms with E-state index in [1.165, 1.54) is 6.07 Å². The summed E-state index contributed by atoms with van der Waals surface area (Å²) in [5, 5.41) is 27.8. The summed E-state index contributed by atoms with van der Waals surface area (Å²) >= 11 is 0. The van der Waals surface area contributed by atoms with Crippen molar-refractivity contribution < 1.29 is 15.3 Å². The Balaban J connectivity index is 2.73. The Kier molecular flexibility index (Phi) is 3.63. The molecular formula is C11H16O3. The lowest BCUT2D eigenvalue weighted by molar-refractivity contribution is 0.364. The SMILES string of the molecule is CCCCCc1ccc(O)c(O)c1O. The molecule has 0 saturated heterocycles. The highest BCUT2D eigenvalue weighted by Gasteiger charge is 2.09. The van der Waals surface area contributed by atoms with Gasteiger partial charge in [0.05, 0.1) is 0 Å². The van der Waals surface area contributed by atoms with Gasteiger partial charge < -0.3 is 15.3 Å². The molecule has 1 aromatic carbocycles. The Hall–Kier alpha value is -1.38. The van der Waals surface area contributed by atoms with Crippen LogP contribution in [0.3, 0.4) is 0 Å². The molecule has 0 aliphatic rings. The quantitative estimate of drug-likeness (QED) is 0.512. The van der Waals surface area contributed by atoms with Crippen LogP contribution in [0.2, 0.25) is 0 Å². The lowest BCUT2D eigenvalue weighted by Crippen LogP contribution is -1.86. The molecule has 0 saturated carbocycles. The number of aryl methyl sites for hydroxylation is 1. The number of aromatic hydroxyl groups is 3. The van der Waals surface area contributed by atoms with E-state index < -0.39 is 5.75 Å². The van der Waals surface area contributed by atoms with Crippen molar-refractivity contribution in [2.45, 2.75) is 32.6 Å². The van der Waals surface area contributed by atoms with Crippen molar-refractivity contribution in [2.75, 3.05) is 0 Å². The summed E-state index contributed by atoms with van der Waals surface area (Å²) in [6, 6.07) is 3.04. The summed E-state index contributed by atoms with van der Waals surface area (Å²) in [5.41, 5.74) is 0.689. The number of benzene rings is 1. The maximum atomic E-state index is 9.47. The van der Waals surface area contributed by atoms with Crippen LogP contribution in [0.5, 0.6) is 17.2 Å². The first-order valence-corrected chi connectivity index (χ1v) is 4.89. The van der Waals surface area contributed by atoms with Gasteiger partial charge in [0.2, 0.25) is 5.75 Å². The minimum atomic E-state index is -0.418. The normalized spacial score (nSPS) is 10.4. The average Bonchev–Trinajstić information content (AvgIpc) is 2.18. The predicted octanol–water partition coefficient (Wildman–Crippen LogP) is 2.54. The van der Waals surface area contributed by atoms with Gasteiger partial charge in [-0.3, -0.25) is 0 Å². The van der Waals surface area contributed by atoms with Gasteiger partial charge in [-0.1, -0.05) is 25.8 Å². The summed E-state index contributed by atoms with van der Waals surface area (Å²) in [6.45, 7) is 2.11. The van der Waals surface area contributed by atoms with Gasteiger partial charge in [-0.25, -0.2) is 0 Å². The van der Waals surface area contributed by atoms with Gasteiger partial charge in [0.25, 0.3) is 0 Å². The van der Waals surface area contributed by atoms with Crippen LogP contribution in [-0.2, 0) is 6.42 Å². The molecule has 3 heteroatoms. The van der Waals surface area contributed by atoms with Gasteiger partial charge in [-0.05, 0) is 24.5 Å². The van der Waals surface area contributed by atoms with Crippen LogP contribution in [0.4, 0.5) is 0 Å². The van der Waals surface area contributed by atoms with Crippen molar-refractivity contribution in [1.82, 2.24) is 0 Å². The summed E-state index contributed by atoms with van der Waals surface area (Å²) < 4.78 is 0. The molecule has 1 aromatic rings. The van der Waals surface area contributed by atoms with Gasteiger partial charge >= 0.3 is 0 Å². The number of phenolic OH excluding ortho intramolecular Hbond substituents is 3. The van der Waals surface area contributed by atoms with Crippen molar-refractivity contribution >= 4 is 0 Å². The predicted molar refractivity (Wildman–Crippen MR) is 54.7 cm³/mol. The minimum Gasteiger partial charge on any atom is -0.504 e. The minimum absolute atomic E-state index is 0.193. The Bertz CT molecular complexity index is 308. The Morgan fingerprint density at radius 1 is 1.00 bits per heavy atom. The summed E-state index contributed by atoms with van der Waals surface area (Å²) in [6.07, 6.45) is 3.92. The van der Waals surface area contributed by atoms with E-state index in [4.69, 9.17) is 5.11 Å². The fraction of sp³-hybridized carbons (Fsp3) is 0.455. The molecular weight excluding hydrogens is 180 g/mol. The summed E-state index contributed by atoms with van der Waals surface area (Å²) in [7, 11) is 0. The monoisotopic (exact) mass is 196 g/mol. The highest BCUT2D eigenvalue weighted by atomic mass is 16.3. The van der Waals surface area contributed by atoms with Gasteiger partial charge in [0.15, 0.2) is 11.5 Å². The van der Waals surface area contributed by atoms with Crippen molar-refractivity contribution in [3.8, 4) is 17.2 Å². The van der Waals surface area contributed by atoms with Crippen LogP contribution in [-0.4, -0.2) is 15.3 Å². The molecule has 1 rings (SSSR count). The second-order valence-electron chi connectivity index (χ2n) is 3.40. The molecule has 0 bridgehead atoms. The maximum absolute atomic E-state index is 9.47. The molecule has 0 fully saturated rings.